The molecule has 118 valence electrons. The average molecular weight is 296 g/mol. The van der Waals surface area contributed by atoms with Gasteiger partial charge in [-0.2, -0.15) is 0 Å². The van der Waals surface area contributed by atoms with Gasteiger partial charge in [-0.1, -0.05) is 0 Å². The predicted octanol–water partition coefficient (Wildman–Crippen LogP) is 1.13. The summed E-state index contributed by atoms with van der Waals surface area (Å²) in [5.74, 6) is 1.49. The number of rotatable bonds is 8. The number of methoxy groups -OCH3 is 2. The van der Waals surface area contributed by atoms with Crippen molar-refractivity contribution in [2.45, 2.75) is 6.54 Å². The highest BCUT2D eigenvalue weighted by molar-refractivity contribution is 5.58. The summed E-state index contributed by atoms with van der Waals surface area (Å²) in [6, 6.07) is 3.81. The Morgan fingerprint density at radius 2 is 1.62 bits per heavy atom. The molecule has 1 aromatic rings. The zero-order chi connectivity index (χ0) is 15.1. The van der Waals surface area contributed by atoms with Crippen molar-refractivity contribution in [2.75, 3.05) is 59.5 Å². The van der Waals surface area contributed by atoms with Crippen molar-refractivity contribution in [3.8, 4) is 11.5 Å². The number of fused-ring (bicyclic) bond motifs is 1. The first-order valence-corrected chi connectivity index (χ1v) is 7.13. The van der Waals surface area contributed by atoms with Crippen LogP contribution in [0, 0.1) is 0 Å². The van der Waals surface area contributed by atoms with Crippen molar-refractivity contribution in [3.63, 3.8) is 0 Å². The van der Waals surface area contributed by atoms with Gasteiger partial charge in [-0.05, 0) is 11.6 Å². The number of hydrogen-bond acceptors (Lipinski definition) is 6. The van der Waals surface area contributed by atoms with E-state index in [1.807, 2.05) is 12.1 Å². The average Bonchev–Trinajstić information content (AvgIpc) is 2.50. The maximum Gasteiger partial charge on any atom is 0.163 e. The molecular weight excluding hydrogens is 272 g/mol. The van der Waals surface area contributed by atoms with E-state index in [9.17, 15) is 0 Å². The van der Waals surface area contributed by atoms with Gasteiger partial charge in [0.15, 0.2) is 11.5 Å². The molecule has 0 aliphatic carbocycles. The molecule has 0 saturated carbocycles. The molecule has 2 N–H and O–H groups in total. The lowest BCUT2D eigenvalue weighted by Gasteiger charge is -2.24. The fraction of sp³-hybridized carbons (Fsp3) is 0.600. The fourth-order valence-electron chi connectivity index (χ4n) is 2.24. The lowest BCUT2D eigenvalue weighted by Crippen LogP contribution is -2.30. The minimum atomic E-state index is 0.569. The smallest absolute Gasteiger partial charge is 0.163 e. The maximum atomic E-state index is 6.13. The second-order valence-electron chi connectivity index (χ2n) is 4.96. The van der Waals surface area contributed by atoms with Crippen LogP contribution in [0.5, 0.6) is 11.5 Å². The van der Waals surface area contributed by atoms with Crippen LogP contribution in [0.25, 0.3) is 0 Å². The van der Waals surface area contributed by atoms with Crippen LogP contribution in [0.3, 0.4) is 0 Å². The molecule has 2 rings (SSSR count). The Morgan fingerprint density at radius 3 is 2.19 bits per heavy atom. The van der Waals surface area contributed by atoms with Crippen LogP contribution < -0.4 is 15.2 Å². The molecule has 0 amide bonds. The number of benzene rings is 1. The molecule has 1 aliphatic heterocycles. The first-order chi connectivity index (χ1) is 10.2. The molecule has 1 aliphatic rings. The van der Waals surface area contributed by atoms with Gasteiger partial charge >= 0.3 is 0 Å². The second-order valence-corrected chi connectivity index (χ2v) is 4.96. The highest BCUT2D eigenvalue weighted by atomic mass is 16.6. The zero-order valence-electron chi connectivity index (χ0n) is 12.8. The number of nitrogens with zero attached hydrogens (tertiary/aromatic N) is 1. The van der Waals surface area contributed by atoms with Crippen LogP contribution in [-0.2, 0) is 16.0 Å². The number of nitrogen functional groups attached to an aromatic ring is 1. The van der Waals surface area contributed by atoms with E-state index in [0.717, 1.165) is 42.4 Å². The van der Waals surface area contributed by atoms with E-state index < -0.39 is 0 Å². The Balaban J connectivity index is 2.07. The van der Waals surface area contributed by atoms with Crippen molar-refractivity contribution in [2.24, 2.45) is 0 Å². The third-order valence-electron chi connectivity index (χ3n) is 3.42. The molecule has 21 heavy (non-hydrogen) atoms. The minimum absolute atomic E-state index is 0.569. The fourth-order valence-corrected chi connectivity index (χ4v) is 2.24. The summed E-state index contributed by atoms with van der Waals surface area (Å²) in [7, 11) is 3.40. The van der Waals surface area contributed by atoms with Crippen molar-refractivity contribution in [1.82, 2.24) is 4.90 Å². The van der Waals surface area contributed by atoms with Crippen LogP contribution in [0.15, 0.2) is 12.1 Å². The normalized spacial score (nSPS) is 13.7. The molecule has 0 atom stereocenters. The number of anilines is 1. The molecule has 0 radical (unpaired) electrons. The topological polar surface area (TPSA) is 66.2 Å². The van der Waals surface area contributed by atoms with E-state index in [2.05, 4.69) is 4.90 Å². The zero-order valence-corrected chi connectivity index (χ0v) is 12.8. The van der Waals surface area contributed by atoms with Gasteiger partial charge in [0, 0.05) is 45.6 Å². The minimum Gasteiger partial charge on any atom is -0.486 e. The molecule has 0 fully saturated rings. The third-order valence-corrected chi connectivity index (χ3v) is 3.42. The Labute approximate surface area is 125 Å². The maximum absolute atomic E-state index is 6.13. The monoisotopic (exact) mass is 296 g/mol. The van der Waals surface area contributed by atoms with Gasteiger partial charge in [0.05, 0.1) is 13.2 Å². The molecule has 0 spiro atoms. The summed E-state index contributed by atoms with van der Waals surface area (Å²) in [5, 5.41) is 0. The molecule has 1 aromatic carbocycles. The van der Waals surface area contributed by atoms with Crippen molar-refractivity contribution >= 4 is 5.69 Å². The summed E-state index contributed by atoms with van der Waals surface area (Å²) in [4.78, 5) is 2.24. The molecule has 6 heteroatoms. The molecule has 0 aromatic heterocycles. The highest BCUT2D eigenvalue weighted by Crippen LogP contribution is 2.34. The first-order valence-electron chi connectivity index (χ1n) is 7.13. The number of hydrogen-bond donors (Lipinski definition) is 1. The van der Waals surface area contributed by atoms with E-state index in [0.29, 0.717) is 26.4 Å². The molecule has 0 bridgehead atoms. The first kappa shape index (κ1) is 15.9. The van der Waals surface area contributed by atoms with Crippen molar-refractivity contribution < 1.29 is 18.9 Å². The predicted molar refractivity (Wildman–Crippen MR) is 80.9 cm³/mol. The lowest BCUT2D eigenvalue weighted by atomic mass is 10.1. The SMILES string of the molecule is COCCN(CCOC)Cc1cc2c(cc1N)OCCO2. The Kier molecular flexibility index (Phi) is 6.10. The van der Waals surface area contributed by atoms with Gasteiger partial charge in [-0.25, -0.2) is 0 Å². The van der Waals surface area contributed by atoms with Crippen molar-refractivity contribution in [3.05, 3.63) is 17.7 Å². The van der Waals surface area contributed by atoms with Gasteiger partial charge in [-0.15, -0.1) is 0 Å². The van der Waals surface area contributed by atoms with Crippen molar-refractivity contribution in [1.29, 1.82) is 0 Å². The third kappa shape index (κ3) is 4.49. The summed E-state index contributed by atoms with van der Waals surface area (Å²) in [5.41, 5.74) is 7.88. The summed E-state index contributed by atoms with van der Waals surface area (Å²) < 4.78 is 21.5. The van der Waals surface area contributed by atoms with E-state index in [1.54, 1.807) is 14.2 Å². The van der Waals surface area contributed by atoms with Crippen LogP contribution in [0.1, 0.15) is 5.56 Å². The van der Waals surface area contributed by atoms with E-state index in [4.69, 9.17) is 24.7 Å². The van der Waals surface area contributed by atoms with Crippen LogP contribution in [0.4, 0.5) is 5.69 Å². The lowest BCUT2D eigenvalue weighted by molar-refractivity contribution is 0.110. The Bertz CT molecular complexity index is 446. The van der Waals surface area contributed by atoms with Gasteiger partial charge in [0.1, 0.15) is 13.2 Å². The molecule has 6 nitrogen and oxygen atoms in total. The summed E-state index contributed by atoms with van der Waals surface area (Å²) >= 11 is 0. The van der Waals surface area contributed by atoms with Crippen LogP contribution in [0.2, 0.25) is 0 Å². The van der Waals surface area contributed by atoms with Gasteiger partial charge in [-0.3, -0.25) is 4.90 Å². The largest absolute Gasteiger partial charge is 0.486 e. The van der Waals surface area contributed by atoms with Gasteiger partial charge in [0.25, 0.3) is 0 Å². The van der Waals surface area contributed by atoms with E-state index in [1.165, 1.54) is 0 Å². The Morgan fingerprint density at radius 1 is 1.05 bits per heavy atom. The van der Waals surface area contributed by atoms with E-state index >= 15 is 0 Å². The van der Waals surface area contributed by atoms with Gasteiger partial charge < -0.3 is 24.7 Å². The van der Waals surface area contributed by atoms with E-state index in [-0.39, 0.29) is 0 Å². The standard InChI is InChI=1S/C15H24N2O4/c1-18-5-3-17(4-6-19-2)11-12-9-14-15(10-13(12)16)21-8-7-20-14/h9-10H,3-8,11,16H2,1-2H3. The number of nitrogens with two attached hydrogens (primary N) is 1. The highest BCUT2D eigenvalue weighted by Gasteiger charge is 2.16. The molecular formula is C15H24N2O4. The van der Waals surface area contributed by atoms with Crippen LogP contribution >= 0.6 is 0 Å². The molecule has 0 unspecified atom stereocenters. The number of ether oxygens (including phenoxy) is 4. The second kappa shape index (κ2) is 8.07. The molecule has 0 saturated heterocycles. The molecule has 1 heterocycles. The van der Waals surface area contributed by atoms with Gasteiger partial charge in [0.2, 0.25) is 0 Å². The Hall–Kier alpha value is -1.50. The summed E-state index contributed by atoms with van der Waals surface area (Å²) in [6.45, 7) is 4.88. The quantitative estimate of drug-likeness (QED) is 0.726. The van der Waals surface area contributed by atoms with Crippen LogP contribution in [-0.4, -0.2) is 58.6 Å². The summed E-state index contributed by atoms with van der Waals surface area (Å²) in [6.07, 6.45) is 0.